The van der Waals surface area contributed by atoms with E-state index < -0.39 is 16.4 Å². The number of nitrogens with one attached hydrogen (secondary N) is 1. The van der Waals surface area contributed by atoms with Crippen LogP contribution in [-0.4, -0.2) is 16.4 Å². The minimum atomic E-state index is -0.979. The lowest BCUT2D eigenvalue weighted by molar-refractivity contribution is -0.385. The molecule has 0 atom stereocenters. The summed E-state index contributed by atoms with van der Waals surface area (Å²) >= 11 is 0. The molecule has 1 aromatic rings. The second-order valence-corrected chi connectivity index (χ2v) is 4.45. The van der Waals surface area contributed by atoms with Gasteiger partial charge in [0.1, 0.15) is 5.54 Å². The molecule has 1 aromatic carbocycles. The molecule has 0 unspecified atom stereocenters. The second kappa shape index (κ2) is 4.84. The summed E-state index contributed by atoms with van der Waals surface area (Å²) in [5, 5.41) is 22.0. The van der Waals surface area contributed by atoms with Crippen LogP contribution in [0, 0.1) is 28.4 Å². The molecule has 1 amide bonds. The molecular weight excluding hydrogens is 234 g/mol. The Morgan fingerprint density at radius 3 is 2.56 bits per heavy atom. The maximum Gasteiger partial charge on any atom is 0.272 e. The highest BCUT2D eigenvalue weighted by Crippen LogP contribution is 2.19. The summed E-state index contributed by atoms with van der Waals surface area (Å²) in [6.45, 7) is 4.71. The number of nitriles is 1. The lowest BCUT2D eigenvalue weighted by Gasteiger charge is -2.17. The minimum Gasteiger partial charge on any atom is -0.334 e. The molecule has 1 N–H and O–H groups in total. The number of rotatable bonds is 3. The number of nitro benzene ring substituents is 1. The van der Waals surface area contributed by atoms with Gasteiger partial charge in [0.25, 0.3) is 11.6 Å². The van der Waals surface area contributed by atoms with E-state index in [1.54, 1.807) is 20.8 Å². The van der Waals surface area contributed by atoms with Gasteiger partial charge in [-0.1, -0.05) is 0 Å². The molecule has 0 aliphatic rings. The zero-order chi connectivity index (χ0) is 13.9. The number of amides is 1. The van der Waals surface area contributed by atoms with Crippen LogP contribution in [0.25, 0.3) is 0 Å². The van der Waals surface area contributed by atoms with Crippen LogP contribution in [0.15, 0.2) is 18.2 Å². The Morgan fingerprint density at radius 1 is 1.50 bits per heavy atom. The van der Waals surface area contributed by atoms with Crippen LogP contribution in [0.2, 0.25) is 0 Å². The number of carbonyl (C=O) groups excluding carboxylic acids is 1. The first-order valence-corrected chi connectivity index (χ1v) is 5.25. The van der Waals surface area contributed by atoms with Gasteiger partial charge >= 0.3 is 0 Å². The molecule has 18 heavy (non-hydrogen) atoms. The van der Waals surface area contributed by atoms with Crippen LogP contribution in [-0.2, 0) is 0 Å². The smallest absolute Gasteiger partial charge is 0.272 e. The van der Waals surface area contributed by atoms with Crippen molar-refractivity contribution in [3.63, 3.8) is 0 Å². The third kappa shape index (κ3) is 3.04. The van der Waals surface area contributed by atoms with Crippen LogP contribution in [0.1, 0.15) is 29.8 Å². The van der Waals surface area contributed by atoms with Crippen molar-refractivity contribution in [3.05, 3.63) is 39.4 Å². The highest BCUT2D eigenvalue weighted by atomic mass is 16.6. The molecule has 0 spiro atoms. The predicted octanol–water partition coefficient (Wildman–Crippen LogP) is 1.94. The number of nitrogens with zero attached hydrogens (tertiary/aromatic N) is 2. The molecule has 0 aliphatic heterocycles. The second-order valence-electron chi connectivity index (χ2n) is 4.45. The molecule has 1 rings (SSSR count). The summed E-state index contributed by atoms with van der Waals surface area (Å²) < 4.78 is 0. The van der Waals surface area contributed by atoms with Crippen LogP contribution >= 0.6 is 0 Å². The average Bonchev–Trinajstić information content (AvgIpc) is 2.27. The molecule has 0 heterocycles. The fraction of sp³-hybridized carbons (Fsp3) is 0.333. The van der Waals surface area contributed by atoms with Crippen molar-refractivity contribution in [1.29, 1.82) is 5.26 Å². The van der Waals surface area contributed by atoms with Gasteiger partial charge in [-0.2, -0.15) is 5.26 Å². The van der Waals surface area contributed by atoms with Gasteiger partial charge in [-0.05, 0) is 32.9 Å². The molecule has 0 radical (unpaired) electrons. The molecule has 0 bridgehead atoms. The van der Waals surface area contributed by atoms with Crippen LogP contribution in [0.3, 0.4) is 0 Å². The van der Waals surface area contributed by atoms with E-state index in [1.165, 1.54) is 18.2 Å². The number of nitro groups is 1. The minimum absolute atomic E-state index is 0.0360. The molecule has 0 saturated heterocycles. The molecule has 0 aliphatic carbocycles. The van der Waals surface area contributed by atoms with Crippen LogP contribution in [0.4, 0.5) is 5.69 Å². The van der Waals surface area contributed by atoms with Gasteiger partial charge in [0.15, 0.2) is 0 Å². The zero-order valence-corrected chi connectivity index (χ0v) is 10.4. The van der Waals surface area contributed by atoms with E-state index in [1.807, 2.05) is 6.07 Å². The Kier molecular flexibility index (Phi) is 3.67. The zero-order valence-electron chi connectivity index (χ0n) is 10.4. The summed E-state index contributed by atoms with van der Waals surface area (Å²) in [6.07, 6.45) is 0. The summed E-state index contributed by atoms with van der Waals surface area (Å²) in [5.41, 5.74) is -0.317. The van der Waals surface area contributed by atoms with E-state index in [-0.39, 0.29) is 5.69 Å². The van der Waals surface area contributed by atoms with E-state index in [9.17, 15) is 14.9 Å². The van der Waals surface area contributed by atoms with Gasteiger partial charge in [-0.25, -0.2) is 0 Å². The number of carbonyl (C=O) groups is 1. The first kappa shape index (κ1) is 13.6. The SMILES string of the molecule is Cc1cc(C(=O)NC(C)(C)C#N)ccc1[N+](=O)[O-]. The van der Waals surface area contributed by atoms with Gasteiger partial charge in [0.05, 0.1) is 11.0 Å². The van der Waals surface area contributed by atoms with E-state index in [0.717, 1.165) is 0 Å². The predicted molar refractivity (Wildman–Crippen MR) is 65.0 cm³/mol. The third-order valence-corrected chi connectivity index (χ3v) is 2.36. The van der Waals surface area contributed by atoms with Crippen molar-refractivity contribution in [2.45, 2.75) is 26.3 Å². The third-order valence-electron chi connectivity index (χ3n) is 2.36. The number of benzene rings is 1. The van der Waals surface area contributed by atoms with Crippen molar-refractivity contribution in [2.75, 3.05) is 0 Å². The molecule has 6 heteroatoms. The fourth-order valence-corrected chi connectivity index (χ4v) is 1.39. The molecule has 94 valence electrons. The molecule has 0 saturated carbocycles. The summed E-state index contributed by atoms with van der Waals surface area (Å²) in [6, 6.07) is 6.03. The van der Waals surface area contributed by atoms with Gasteiger partial charge in [0.2, 0.25) is 0 Å². The largest absolute Gasteiger partial charge is 0.334 e. The maximum atomic E-state index is 11.8. The summed E-state index contributed by atoms with van der Waals surface area (Å²) in [7, 11) is 0. The van der Waals surface area contributed by atoms with Crippen molar-refractivity contribution in [3.8, 4) is 6.07 Å². The quantitative estimate of drug-likeness (QED) is 0.652. The monoisotopic (exact) mass is 247 g/mol. The number of hydrogen-bond acceptors (Lipinski definition) is 4. The van der Waals surface area contributed by atoms with Crippen molar-refractivity contribution in [1.82, 2.24) is 5.32 Å². The highest BCUT2D eigenvalue weighted by Gasteiger charge is 2.21. The average molecular weight is 247 g/mol. The van der Waals surface area contributed by atoms with E-state index >= 15 is 0 Å². The van der Waals surface area contributed by atoms with E-state index in [4.69, 9.17) is 5.26 Å². The standard InChI is InChI=1S/C12H13N3O3/c1-8-6-9(4-5-10(8)15(17)18)11(16)14-12(2,3)7-13/h4-6H,1-3H3,(H,14,16). The van der Waals surface area contributed by atoms with Crippen molar-refractivity contribution >= 4 is 11.6 Å². The van der Waals surface area contributed by atoms with Gasteiger partial charge in [-0.3, -0.25) is 14.9 Å². The van der Waals surface area contributed by atoms with Crippen molar-refractivity contribution < 1.29 is 9.72 Å². The Bertz CT molecular complexity index is 544. The number of aryl methyl sites for hydroxylation is 1. The molecule has 0 fully saturated rings. The van der Waals surface area contributed by atoms with Crippen LogP contribution < -0.4 is 5.32 Å². The van der Waals surface area contributed by atoms with E-state index in [2.05, 4.69) is 5.32 Å². The number of hydrogen-bond donors (Lipinski definition) is 1. The Balaban J connectivity index is 3.00. The van der Waals surface area contributed by atoms with Crippen LogP contribution in [0.5, 0.6) is 0 Å². The summed E-state index contributed by atoms with van der Waals surface area (Å²) in [5.74, 6) is -0.431. The fourth-order valence-electron chi connectivity index (χ4n) is 1.39. The topological polar surface area (TPSA) is 96.0 Å². The normalized spacial score (nSPS) is 10.6. The lowest BCUT2D eigenvalue weighted by Crippen LogP contribution is -2.42. The molecular formula is C12H13N3O3. The first-order valence-electron chi connectivity index (χ1n) is 5.25. The summed E-state index contributed by atoms with van der Waals surface area (Å²) in [4.78, 5) is 22.0. The first-order chi connectivity index (χ1) is 8.26. The van der Waals surface area contributed by atoms with E-state index in [0.29, 0.717) is 11.1 Å². The Hall–Kier alpha value is -2.42. The molecule has 6 nitrogen and oxygen atoms in total. The van der Waals surface area contributed by atoms with Crippen molar-refractivity contribution in [2.24, 2.45) is 0 Å². The lowest BCUT2D eigenvalue weighted by atomic mass is 10.1. The maximum absolute atomic E-state index is 11.8. The highest BCUT2D eigenvalue weighted by molar-refractivity contribution is 5.95. The van der Waals surface area contributed by atoms with Gasteiger partial charge < -0.3 is 5.32 Å². The van der Waals surface area contributed by atoms with Gasteiger partial charge in [-0.15, -0.1) is 0 Å². The Labute approximate surface area is 104 Å². The Morgan fingerprint density at radius 2 is 2.11 bits per heavy atom. The van der Waals surface area contributed by atoms with Gasteiger partial charge in [0, 0.05) is 17.2 Å². The molecule has 0 aromatic heterocycles.